The number of anilines is 3. The van der Waals surface area contributed by atoms with Gasteiger partial charge in [0, 0.05) is 66.1 Å². The number of hydrogen-bond acceptors (Lipinski definition) is 3. The van der Waals surface area contributed by atoms with Gasteiger partial charge in [0.2, 0.25) is 0 Å². The summed E-state index contributed by atoms with van der Waals surface area (Å²) in [5.41, 5.74) is 39.3. The van der Waals surface area contributed by atoms with Crippen molar-refractivity contribution in [1.29, 1.82) is 0 Å². The number of hydrogen-bond donors (Lipinski definition) is 3. The van der Waals surface area contributed by atoms with Crippen molar-refractivity contribution in [2.24, 2.45) is 0 Å². The summed E-state index contributed by atoms with van der Waals surface area (Å²) in [6.07, 6.45) is 0. The Balaban J connectivity index is 1.09. The van der Waals surface area contributed by atoms with Gasteiger partial charge >= 0.3 is 0 Å². The van der Waals surface area contributed by atoms with E-state index in [1.54, 1.807) is 0 Å². The zero-order valence-electron chi connectivity index (χ0n) is 35.9. The van der Waals surface area contributed by atoms with E-state index in [4.69, 9.17) is 17.2 Å². The Hall–Kier alpha value is -9.00. The van der Waals surface area contributed by atoms with Crippen molar-refractivity contribution in [2.45, 2.75) is 0 Å². The number of nitrogens with two attached hydrogens (primary N) is 3. The van der Waals surface area contributed by atoms with Crippen molar-refractivity contribution >= 4 is 82.5 Å². The predicted molar refractivity (Wildman–Crippen MR) is 279 cm³/mol. The van der Waals surface area contributed by atoms with E-state index in [0.29, 0.717) is 17.1 Å². The molecule has 6 nitrogen and oxygen atoms in total. The first-order chi connectivity index (χ1) is 32.5. The van der Waals surface area contributed by atoms with Gasteiger partial charge in [-0.2, -0.15) is 0 Å². The maximum Gasteiger partial charge on any atom is 0.0541 e. The van der Waals surface area contributed by atoms with E-state index in [2.05, 4.69) is 232 Å². The predicted octanol–water partition coefficient (Wildman–Crippen LogP) is 14.7. The van der Waals surface area contributed by atoms with Gasteiger partial charge in [-0.05, 0) is 108 Å². The molecule has 0 unspecified atom stereocenters. The van der Waals surface area contributed by atoms with Crippen LogP contribution < -0.4 is 17.2 Å². The fourth-order valence-corrected chi connectivity index (χ4v) is 10.7. The molecule has 6 heteroatoms. The summed E-state index contributed by atoms with van der Waals surface area (Å²) < 4.78 is 6.97. The van der Waals surface area contributed by atoms with Crippen LogP contribution in [0.25, 0.3) is 116 Å². The van der Waals surface area contributed by atoms with Crippen LogP contribution in [0.15, 0.2) is 218 Å². The Labute approximate surface area is 380 Å². The molecule has 10 aromatic carbocycles. The summed E-state index contributed by atoms with van der Waals surface area (Å²) in [6, 6.07) is 77.0. The van der Waals surface area contributed by atoms with Crippen LogP contribution in [0.2, 0.25) is 0 Å². The number of rotatable bonds is 6. The van der Waals surface area contributed by atoms with Gasteiger partial charge in [-0.3, -0.25) is 0 Å². The van der Waals surface area contributed by atoms with Crippen molar-refractivity contribution in [3.05, 3.63) is 218 Å². The largest absolute Gasteiger partial charge is 0.398 e. The Morgan fingerprint density at radius 1 is 0.227 bits per heavy atom. The zero-order chi connectivity index (χ0) is 44.0. The number of nitrogen functional groups attached to an aromatic ring is 3. The van der Waals surface area contributed by atoms with E-state index in [9.17, 15) is 0 Å². The molecule has 0 saturated heterocycles. The topological polar surface area (TPSA) is 92.8 Å². The van der Waals surface area contributed by atoms with E-state index in [-0.39, 0.29) is 0 Å². The van der Waals surface area contributed by atoms with Crippen LogP contribution >= 0.6 is 0 Å². The van der Waals surface area contributed by atoms with Gasteiger partial charge in [0.25, 0.3) is 0 Å². The summed E-state index contributed by atoms with van der Waals surface area (Å²) in [7, 11) is 0. The minimum atomic E-state index is 0.535. The molecular formula is C60H42N6. The van der Waals surface area contributed by atoms with Crippen molar-refractivity contribution in [1.82, 2.24) is 13.7 Å². The van der Waals surface area contributed by atoms with Crippen LogP contribution in [0, 0.1) is 0 Å². The minimum Gasteiger partial charge on any atom is -0.398 e. The lowest BCUT2D eigenvalue weighted by molar-refractivity contribution is 1.18. The molecule has 0 aliphatic rings. The number of aromatic nitrogens is 3. The van der Waals surface area contributed by atoms with Crippen molar-refractivity contribution < 1.29 is 0 Å². The van der Waals surface area contributed by atoms with Crippen LogP contribution in [-0.2, 0) is 0 Å². The van der Waals surface area contributed by atoms with E-state index in [1.165, 1.54) is 0 Å². The first-order valence-corrected chi connectivity index (χ1v) is 22.3. The summed E-state index contributed by atoms with van der Waals surface area (Å²) >= 11 is 0. The highest BCUT2D eigenvalue weighted by atomic mass is 15.0. The smallest absolute Gasteiger partial charge is 0.0541 e. The van der Waals surface area contributed by atoms with Crippen LogP contribution in [0.4, 0.5) is 17.1 Å². The van der Waals surface area contributed by atoms with Crippen LogP contribution in [-0.4, -0.2) is 13.7 Å². The quantitative estimate of drug-likeness (QED) is 0.146. The fourth-order valence-electron chi connectivity index (χ4n) is 10.7. The van der Waals surface area contributed by atoms with Crippen molar-refractivity contribution in [2.75, 3.05) is 17.2 Å². The fraction of sp³-hybridized carbons (Fsp3) is 0. The lowest BCUT2D eigenvalue weighted by Gasteiger charge is -2.22. The SMILES string of the molecule is Nc1c(-c2ccc3c(c2)c2ccccc2n3-c2ccccc2)c(N)c(-c2ccc3c(c2)c2ccccc2n3-c2ccccc2)c(N)c1-c1ccc2c(c1)c1ccccc1n2-c1ccccc1. The third-order valence-electron chi connectivity index (χ3n) is 13.5. The van der Waals surface area contributed by atoms with Crippen LogP contribution in [0.5, 0.6) is 0 Å². The summed E-state index contributed by atoms with van der Waals surface area (Å²) in [5.74, 6) is 0. The molecule has 0 amide bonds. The highest BCUT2D eigenvalue weighted by molar-refractivity contribution is 6.17. The summed E-state index contributed by atoms with van der Waals surface area (Å²) in [4.78, 5) is 0. The minimum absolute atomic E-state index is 0.535. The Morgan fingerprint density at radius 2 is 0.470 bits per heavy atom. The second-order valence-corrected chi connectivity index (χ2v) is 17.1. The van der Waals surface area contributed by atoms with Gasteiger partial charge in [0.05, 0.1) is 50.2 Å². The van der Waals surface area contributed by atoms with Crippen molar-refractivity contribution in [3.8, 4) is 50.4 Å². The molecule has 13 rings (SSSR count). The molecule has 3 aromatic heterocycles. The van der Waals surface area contributed by atoms with Gasteiger partial charge in [-0.1, -0.05) is 127 Å². The van der Waals surface area contributed by atoms with Crippen molar-refractivity contribution in [3.63, 3.8) is 0 Å². The molecule has 0 spiro atoms. The molecule has 6 N–H and O–H groups in total. The monoisotopic (exact) mass is 846 g/mol. The molecule has 0 aliphatic heterocycles. The normalized spacial score (nSPS) is 11.8. The average molecular weight is 847 g/mol. The van der Waals surface area contributed by atoms with Gasteiger partial charge in [0.1, 0.15) is 0 Å². The highest BCUT2D eigenvalue weighted by Gasteiger charge is 2.26. The summed E-state index contributed by atoms with van der Waals surface area (Å²) in [5, 5.41) is 6.76. The summed E-state index contributed by atoms with van der Waals surface area (Å²) in [6.45, 7) is 0. The number of fused-ring (bicyclic) bond motifs is 9. The number of benzene rings is 10. The van der Waals surface area contributed by atoms with Crippen LogP contribution in [0.1, 0.15) is 0 Å². The molecule has 312 valence electrons. The first kappa shape index (κ1) is 37.5. The average Bonchev–Trinajstić information content (AvgIpc) is 4.00. The molecule has 0 saturated carbocycles. The standard InChI is InChI=1S/C60H42N6/c61-58-55(37-28-31-52-46(34-37)43-22-10-13-25-49(43)64(52)40-16-4-1-5-17-40)59(62)57(39-30-33-54-48(36-39)45-24-12-15-27-51(45)66(54)42-20-8-3-9-21-42)60(63)56(58)38-29-32-53-47(35-38)44-23-11-14-26-50(44)65(53)41-18-6-2-7-19-41/h1-36H,61-63H2. The van der Waals surface area contributed by atoms with Gasteiger partial charge in [-0.15, -0.1) is 0 Å². The molecule has 66 heavy (non-hydrogen) atoms. The Morgan fingerprint density at radius 3 is 0.758 bits per heavy atom. The molecule has 13 aromatic rings. The van der Waals surface area contributed by atoms with Gasteiger partial charge < -0.3 is 30.9 Å². The van der Waals surface area contributed by atoms with E-state index >= 15 is 0 Å². The van der Waals surface area contributed by atoms with Gasteiger partial charge in [0.15, 0.2) is 0 Å². The number of nitrogens with zero attached hydrogens (tertiary/aromatic N) is 3. The third-order valence-corrected chi connectivity index (χ3v) is 13.5. The van der Waals surface area contributed by atoms with E-state index in [0.717, 1.165) is 116 Å². The maximum atomic E-state index is 7.56. The second kappa shape index (κ2) is 14.5. The zero-order valence-corrected chi connectivity index (χ0v) is 35.9. The Kier molecular flexibility index (Phi) is 8.26. The molecule has 0 radical (unpaired) electrons. The molecule has 0 fully saturated rings. The maximum absolute atomic E-state index is 7.56. The van der Waals surface area contributed by atoms with E-state index in [1.807, 2.05) is 0 Å². The third kappa shape index (κ3) is 5.48. The Bertz CT molecular complexity index is 3620. The molecule has 0 aliphatic carbocycles. The molecule has 0 bridgehead atoms. The van der Waals surface area contributed by atoms with Crippen LogP contribution in [0.3, 0.4) is 0 Å². The number of para-hydroxylation sites is 6. The second-order valence-electron chi connectivity index (χ2n) is 17.1. The highest BCUT2D eigenvalue weighted by Crippen LogP contribution is 2.52. The van der Waals surface area contributed by atoms with Gasteiger partial charge in [-0.25, -0.2) is 0 Å². The van der Waals surface area contributed by atoms with E-state index < -0.39 is 0 Å². The first-order valence-electron chi connectivity index (χ1n) is 22.3. The molecular weight excluding hydrogens is 805 g/mol. The lowest BCUT2D eigenvalue weighted by atomic mass is 9.86. The molecule has 3 heterocycles. The lowest BCUT2D eigenvalue weighted by Crippen LogP contribution is -2.07. The molecule has 0 atom stereocenters.